The zero-order valence-corrected chi connectivity index (χ0v) is 10.6. The molecule has 0 saturated heterocycles. The first kappa shape index (κ1) is 11.6. The smallest absolute Gasteiger partial charge is 0.0534 e. The van der Waals surface area contributed by atoms with Crippen LogP contribution in [0.25, 0.3) is 0 Å². The molecule has 1 aliphatic carbocycles. The van der Waals surface area contributed by atoms with Crippen molar-refractivity contribution in [2.24, 2.45) is 11.8 Å². The Morgan fingerprint density at radius 2 is 2.25 bits per heavy atom. The highest BCUT2D eigenvalue weighted by molar-refractivity contribution is 5.04. The van der Waals surface area contributed by atoms with E-state index in [1.165, 1.54) is 18.4 Å². The molecule has 0 spiro atoms. The van der Waals surface area contributed by atoms with Crippen LogP contribution in [0.5, 0.6) is 0 Å². The first-order valence-electron chi connectivity index (χ1n) is 6.45. The van der Waals surface area contributed by atoms with Crippen LogP contribution in [0.3, 0.4) is 0 Å². The molecule has 1 atom stereocenters. The van der Waals surface area contributed by atoms with Gasteiger partial charge >= 0.3 is 0 Å². The number of hydrogen-bond acceptors (Lipinski definition) is 2. The number of hydrogen-bond donors (Lipinski definition) is 1. The maximum absolute atomic E-state index is 4.29. The largest absolute Gasteiger partial charge is 0.309 e. The summed E-state index contributed by atoms with van der Waals surface area (Å²) >= 11 is 0. The Hall–Kier alpha value is -0.830. The predicted octanol–water partition coefficient (Wildman–Crippen LogP) is 2.43. The van der Waals surface area contributed by atoms with E-state index >= 15 is 0 Å². The fraction of sp³-hybridized carbons (Fsp3) is 0.769. The molecule has 3 heteroatoms. The van der Waals surface area contributed by atoms with Gasteiger partial charge in [0.05, 0.1) is 6.20 Å². The highest BCUT2D eigenvalue weighted by Crippen LogP contribution is 2.35. The molecular weight excluding hydrogens is 198 g/mol. The van der Waals surface area contributed by atoms with Crippen LogP contribution in [0.4, 0.5) is 0 Å². The summed E-state index contributed by atoms with van der Waals surface area (Å²) < 4.78 is 1.98. The maximum Gasteiger partial charge on any atom is 0.0534 e. The van der Waals surface area contributed by atoms with Crippen LogP contribution in [0, 0.1) is 11.8 Å². The van der Waals surface area contributed by atoms with Crippen LogP contribution in [0.15, 0.2) is 12.4 Å². The summed E-state index contributed by atoms with van der Waals surface area (Å²) in [6.45, 7) is 8.65. The van der Waals surface area contributed by atoms with Crippen molar-refractivity contribution in [3.63, 3.8) is 0 Å². The molecule has 0 radical (unpaired) electrons. The van der Waals surface area contributed by atoms with E-state index in [9.17, 15) is 0 Å². The summed E-state index contributed by atoms with van der Waals surface area (Å²) in [5.74, 6) is 1.65. The molecule has 1 aromatic heterocycles. The zero-order valence-electron chi connectivity index (χ0n) is 10.6. The fourth-order valence-corrected chi connectivity index (χ4v) is 2.31. The van der Waals surface area contributed by atoms with Crippen molar-refractivity contribution in [3.05, 3.63) is 18.0 Å². The Morgan fingerprint density at radius 3 is 2.75 bits per heavy atom. The van der Waals surface area contributed by atoms with Crippen molar-refractivity contribution < 1.29 is 0 Å². The Labute approximate surface area is 98.2 Å². The van der Waals surface area contributed by atoms with Gasteiger partial charge in [-0.3, -0.25) is 4.68 Å². The standard InChI is InChI=1S/C13H23N3/c1-4-16-9-11(8-15-16)7-14-13(10(2)3)12-5-6-12/h8-10,12-14H,4-7H2,1-3H3. The van der Waals surface area contributed by atoms with Gasteiger partial charge < -0.3 is 5.32 Å². The van der Waals surface area contributed by atoms with Gasteiger partial charge in [-0.25, -0.2) is 0 Å². The minimum atomic E-state index is 0.685. The number of aromatic nitrogens is 2. The molecule has 90 valence electrons. The van der Waals surface area contributed by atoms with Gasteiger partial charge in [0.1, 0.15) is 0 Å². The van der Waals surface area contributed by atoms with Crippen molar-refractivity contribution in [3.8, 4) is 0 Å². The van der Waals surface area contributed by atoms with Crippen molar-refractivity contribution in [1.82, 2.24) is 15.1 Å². The Morgan fingerprint density at radius 1 is 1.50 bits per heavy atom. The van der Waals surface area contributed by atoms with Gasteiger partial charge in [-0.05, 0) is 31.6 Å². The third-order valence-corrected chi connectivity index (χ3v) is 3.40. The lowest BCUT2D eigenvalue weighted by Gasteiger charge is -2.21. The number of rotatable bonds is 6. The minimum Gasteiger partial charge on any atom is -0.309 e. The van der Waals surface area contributed by atoms with Crippen molar-refractivity contribution in [2.45, 2.75) is 52.7 Å². The quantitative estimate of drug-likeness (QED) is 0.799. The van der Waals surface area contributed by atoms with Crippen LogP contribution < -0.4 is 5.32 Å². The van der Waals surface area contributed by atoms with Crippen LogP contribution in [0.1, 0.15) is 39.2 Å². The van der Waals surface area contributed by atoms with Gasteiger partial charge in [-0.1, -0.05) is 13.8 Å². The topological polar surface area (TPSA) is 29.9 Å². The molecule has 1 fully saturated rings. The summed E-state index contributed by atoms with van der Waals surface area (Å²) in [5, 5.41) is 7.98. The molecule has 2 rings (SSSR count). The molecule has 1 saturated carbocycles. The van der Waals surface area contributed by atoms with Crippen LogP contribution in [-0.4, -0.2) is 15.8 Å². The average molecular weight is 221 g/mol. The Kier molecular flexibility index (Phi) is 3.64. The second kappa shape index (κ2) is 5.00. The van der Waals surface area contributed by atoms with E-state index in [-0.39, 0.29) is 0 Å². The van der Waals surface area contributed by atoms with Crippen molar-refractivity contribution >= 4 is 0 Å². The lowest BCUT2D eigenvalue weighted by molar-refractivity contribution is 0.359. The van der Waals surface area contributed by atoms with Gasteiger partial charge in [-0.15, -0.1) is 0 Å². The molecule has 1 heterocycles. The summed E-state index contributed by atoms with van der Waals surface area (Å²) in [4.78, 5) is 0. The molecule has 0 amide bonds. The minimum absolute atomic E-state index is 0.685. The van der Waals surface area contributed by atoms with Gasteiger partial charge in [-0.2, -0.15) is 5.10 Å². The second-order valence-corrected chi connectivity index (χ2v) is 5.19. The maximum atomic E-state index is 4.29. The molecule has 0 bridgehead atoms. The van der Waals surface area contributed by atoms with E-state index in [1.54, 1.807) is 0 Å². The molecule has 16 heavy (non-hydrogen) atoms. The Bertz CT molecular complexity index is 324. The summed E-state index contributed by atoms with van der Waals surface area (Å²) in [5.41, 5.74) is 1.30. The first-order chi connectivity index (χ1) is 7.70. The lowest BCUT2D eigenvalue weighted by Crippen LogP contribution is -2.35. The van der Waals surface area contributed by atoms with Gasteiger partial charge in [0.25, 0.3) is 0 Å². The van der Waals surface area contributed by atoms with Gasteiger partial charge in [0.15, 0.2) is 0 Å². The van der Waals surface area contributed by atoms with Gasteiger partial charge in [0.2, 0.25) is 0 Å². The summed E-state index contributed by atoms with van der Waals surface area (Å²) in [6, 6.07) is 0.685. The monoisotopic (exact) mass is 221 g/mol. The van der Waals surface area contributed by atoms with Crippen molar-refractivity contribution in [2.75, 3.05) is 0 Å². The fourth-order valence-electron chi connectivity index (χ4n) is 2.31. The molecule has 1 unspecified atom stereocenters. The van der Waals surface area contributed by atoms with Crippen molar-refractivity contribution in [1.29, 1.82) is 0 Å². The Balaban J connectivity index is 1.85. The third-order valence-electron chi connectivity index (χ3n) is 3.40. The third kappa shape index (κ3) is 2.85. The number of aryl methyl sites for hydroxylation is 1. The zero-order chi connectivity index (χ0) is 11.5. The lowest BCUT2D eigenvalue weighted by atomic mass is 9.99. The molecule has 1 N–H and O–H groups in total. The van der Waals surface area contributed by atoms with Gasteiger partial charge in [0, 0.05) is 30.9 Å². The van der Waals surface area contributed by atoms with E-state index < -0.39 is 0 Å². The molecular formula is C13H23N3. The molecule has 3 nitrogen and oxygen atoms in total. The van der Waals surface area contributed by atoms with Crippen LogP contribution >= 0.6 is 0 Å². The molecule has 1 aliphatic rings. The second-order valence-electron chi connectivity index (χ2n) is 5.19. The van der Waals surface area contributed by atoms with Crippen LogP contribution in [-0.2, 0) is 13.1 Å². The van der Waals surface area contributed by atoms with E-state index in [0.717, 1.165) is 24.9 Å². The average Bonchev–Trinajstić information content (AvgIpc) is 2.97. The summed E-state index contributed by atoms with van der Waals surface area (Å²) in [7, 11) is 0. The SMILES string of the molecule is CCn1cc(CNC(C(C)C)C2CC2)cn1. The predicted molar refractivity (Wildman–Crippen MR) is 66.1 cm³/mol. The number of nitrogens with zero attached hydrogens (tertiary/aromatic N) is 2. The molecule has 1 aromatic rings. The van der Waals surface area contributed by atoms with Crippen LogP contribution in [0.2, 0.25) is 0 Å². The highest BCUT2D eigenvalue weighted by atomic mass is 15.3. The highest BCUT2D eigenvalue weighted by Gasteiger charge is 2.32. The van der Waals surface area contributed by atoms with E-state index in [1.807, 2.05) is 10.9 Å². The van der Waals surface area contributed by atoms with E-state index in [4.69, 9.17) is 0 Å². The number of nitrogens with one attached hydrogen (secondary N) is 1. The van der Waals surface area contributed by atoms with E-state index in [2.05, 4.69) is 37.4 Å². The first-order valence-corrected chi connectivity index (χ1v) is 6.45. The normalized spacial score (nSPS) is 18.0. The molecule has 0 aliphatic heterocycles. The summed E-state index contributed by atoms with van der Waals surface area (Å²) in [6.07, 6.45) is 6.92. The molecule has 0 aromatic carbocycles. The van der Waals surface area contributed by atoms with E-state index in [0.29, 0.717) is 6.04 Å².